The molecule has 0 bridgehead atoms. The van der Waals surface area contributed by atoms with Gasteiger partial charge < -0.3 is 39.7 Å². The summed E-state index contributed by atoms with van der Waals surface area (Å²) in [6, 6.07) is 16.0. The Morgan fingerprint density at radius 3 is 2.59 bits per heavy atom. The van der Waals surface area contributed by atoms with Gasteiger partial charge in [-0.1, -0.05) is 47.8 Å². The van der Waals surface area contributed by atoms with E-state index >= 15 is 0 Å². The van der Waals surface area contributed by atoms with Crippen molar-refractivity contribution in [2.45, 2.75) is 31.3 Å². The van der Waals surface area contributed by atoms with Crippen LogP contribution < -0.4 is 41.8 Å². The van der Waals surface area contributed by atoms with Crippen molar-refractivity contribution >= 4 is 80.4 Å². The first-order valence-corrected chi connectivity index (χ1v) is 26.9. The van der Waals surface area contributed by atoms with Crippen molar-refractivity contribution in [1.29, 1.82) is 0 Å². The molecule has 2 aliphatic heterocycles. The average Bonchev–Trinajstić information content (AvgIpc) is 3.62. The Hall–Kier alpha value is -4.84. The van der Waals surface area contributed by atoms with Crippen LogP contribution in [0.15, 0.2) is 74.8 Å². The van der Waals surface area contributed by atoms with Gasteiger partial charge in [-0.2, -0.15) is 0 Å². The zero-order valence-electron chi connectivity index (χ0n) is 34.7. The fraction of sp³-hybridized carbons (Fsp3) is 0.333. The quantitative estimate of drug-likeness (QED) is 0.0263. The average molecular weight is 951 g/mol. The third-order valence-electron chi connectivity index (χ3n) is 9.97. The number of rotatable bonds is 17. The molecular formula is C42H45N6O10P3S2. The number of nitrogens with one attached hydrogen (secondary N) is 3. The molecule has 16 nitrogen and oxygen atoms in total. The highest BCUT2D eigenvalue weighted by atomic mass is 33.1. The van der Waals surface area contributed by atoms with Crippen LogP contribution in [-0.4, -0.2) is 104 Å². The monoisotopic (exact) mass is 950 g/mol. The third kappa shape index (κ3) is 12.0. The molecule has 3 heterocycles. The molecule has 0 radical (unpaired) electrons. The predicted molar refractivity (Wildman–Crippen MR) is 251 cm³/mol. The molecule has 1 aliphatic carbocycles. The highest BCUT2D eigenvalue weighted by molar-refractivity contribution is 8.76. The van der Waals surface area contributed by atoms with Crippen molar-refractivity contribution in [3.05, 3.63) is 104 Å². The normalized spacial score (nSPS) is 16.2. The van der Waals surface area contributed by atoms with E-state index in [9.17, 15) is 38.8 Å². The number of carboxylic acids is 1. The van der Waals surface area contributed by atoms with Gasteiger partial charge in [0.15, 0.2) is 8.15 Å². The van der Waals surface area contributed by atoms with Gasteiger partial charge in [0.25, 0.3) is 11.5 Å². The van der Waals surface area contributed by atoms with Gasteiger partial charge in [-0.25, -0.2) is 9.37 Å². The Balaban J connectivity index is 0.988. The Labute approximate surface area is 375 Å². The Morgan fingerprint density at radius 1 is 1.06 bits per heavy atom. The summed E-state index contributed by atoms with van der Waals surface area (Å²) in [7, 11) is 11.2. The van der Waals surface area contributed by atoms with E-state index in [1.165, 1.54) is 38.4 Å². The lowest BCUT2D eigenvalue weighted by atomic mass is 9.89. The molecule has 3 aromatic rings. The van der Waals surface area contributed by atoms with Gasteiger partial charge in [-0.3, -0.25) is 28.5 Å². The molecule has 1 aromatic heterocycles. The maximum absolute atomic E-state index is 13.2. The number of carboxylic acid groups (broad SMARTS) is 1. The number of aromatic nitrogens is 2. The number of ether oxygens (including phenoxy) is 1. The van der Waals surface area contributed by atoms with E-state index in [0.717, 1.165) is 11.0 Å². The number of aromatic carboxylic acids is 1. The number of carbonyl (C=O) groups excluding carboxylic acids is 3. The highest BCUT2D eigenvalue weighted by Gasteiger charge is 2.35. The standard InChI is InChI=1S/C42H45N6O10P3S2/c1-46(2)26-8-11-29-33(19-26)57-34-20-27(47(3)4)9-12-30(34)38(29)28-10-7-24(18-31(28)41(53)54)39(51)44-15-17-63-62-16-13-36(50)43-14-5-6-25-22-48(42(55)45-40(25)52)37-21-32(49)35(58-37)23-59-61-60-56/h7-12,18-20,22,32,35,37,49,59,61H,13-17,21,23H2,1-4H3,(H3-,43,44,45,50,51,52,53,54,55). The van der Waals surface area contributed by atoms with E-state index < -0.39 is 41.6 Å². The number of amides is 2. The molecule has 5 unspecified atom stereocenters. The minimum atomic E-state index is -1.42. The Morgan fingerprint density at radius 2 is 1.84 bits per heavy atom. The summed E-state index contributed by atoms with van der Waals surface area (Å²) in [5.41, 5.74) is 1.88. The molecule has 330 valence electrons. The topological polar surface area (TPSA) is 219 Å². The highest BCUT2D eigenvalue weighted by Crippen LogP contribution is 2.48. The number of aromatic amines is 1. The predicted octanol–water partition coefficient (Wildman–Crippen LogP) is 3.31. The second-order valence-corrected chi connectivity index (χ2v) is 22.8. The lowest BCUT2D eigenvalue weighted by molar-refractivity contribution is -0.254. The maximum Gasteiger partial charge on any atom is 0.330 e. The number of aliphatic hydroxyl groups excluding tert-OH is 1. The minimum Gasteiger partial charge on any atom is -0.545 e. The van der Waals surface area contributed by atoms with Crippen molar-refractivity contribution in [2.24, 2.45) is 0 Å². The number of H-pyrrole nitrogens is 1. The molecule has 1 fully saturated rings. The van der Waals surface area contributed by atoms with Gasteiger partial charge >= 0.3 is 5.69 Å². The second-order valence-electron chi connectivity index (χ2n) is 14.6. The molecule has 2 aromatic carbocycles. The summed E-state index contributed by atoms with van der Waals surface area (Å²) >= 11 is 0. The molecule has 5 atom stereocenters. The number of benzene rings is 3. The first-order valence-electron chi connectivity index (χ1n) is 19.6. The first kappa shape index (κ1) is 47.6. The van der Waals surface area contributed by atoms with Crippen molar-refractivity contribution < 1.29 is 38.3 Å². The van der Waals surface area contributed by atoms with E-state index in [-0.39, 0.29) is 58.1 Å². The van der Waals surface area contributed by atoms with E-state index in [2.05, 4.69) is 27.5 Å². The molecule has 1 saturated heterocycles. The van der Waals surface area contributed by atoms with Crippen molar-refractivity contribution in [3.8, 4) is 34.3 Å². The molecule has 21 heteroatoms. The molecule has 63 heavy (non-hydrogen) atoms. The van der Waals surface area contributed by atoms with E-state index in [1.54, 1.807) is 12.1 Å². The van der Waals surface area contributed by atoms with Gasteiger partial charge in [0.1, 0.15) is 37.2 Å². The van der Waals surface area contributed by atoms with Gasteiger partial charge in [0, 0.05) is 96.6 Å². The van der Waals surface area contributed by atoms with Crippen LogP contribution in [0, 0.1) is 11.8 Å². The van der Waals surface area contributed by atoms with Gasteiger partial charge in [0.05, 0.1) is 30.8 Å². The van der Waals surface area contributed by atoms with Crippen LogP contribution in [0.25, 0.3) is 33.4 Å². The van der Waals surface area contributed by atoms with Crippen LogP contribution in [0.2, 0.25) is 0 Å². The fourth-order valence-corrected chi connectivity index (χ4v) is 11.8. The zero-order valence-corrected chi connectivity index (χ0v) is 39.2. The molecule has 3 aliphatic rings. The summed E-state index contributed by atoms with van der Waals surface area (Å²) < 4.78 is 26.1. The van der Waals surface area contributed by atoms with Gasteiger partial charge in [-0.15, -0.1) is 0 Å². The van der Waals surface area contributed by atoms with Crippen LogP contribution in [0.4, 0.5) is 5.69 Å². The summed E-state index contributed by atoms with van der Waals surface area (Å²) in [5, 5.41) is 30.1. The number of nitrogens with zero attached hydrogens (tertiary/aromatic N) is 3. The largest absolute Gasteiger partial charge is 0.545 e. The second kappa shape index (κ2) is 22.2. The summed E-state index contributed by atoms with van der Waals surface area (Å²) in [5.74, 6) is 4.85. The van der Waals surface area contributed by atoms with Gasteiger partial charge in [0.2, 0.25) is 11.3 Å². The zero-order chi connectivity index (χ0) is 45.2. The SMILES string of the molecule is CN(C)c1ccc2c(-c3ccc(C(=O)NCCSSCCC(=O)NCC#Cc4cn(C5CC(O)C(CPPP=O)O5)c(=O)[nH]c4=O)cc3C(=O)[O-])c3ccc(=[N+](C)C)cc-3oc2c1. The number of hydrogen-bond acceptors (Lipinski definition) is 13. The van der Waals surface area contributed by atoms with Crippen molar-refractivity contribution in [2.75, 3.05) is 63.8 Å². The fourth-order valence-electron chi connectivity index (χ4n) is 6.75. The smallest absolute Gasteiger partial charge is 0.330 e. The molecule has 0 saturated carbocycles. The molecule has 6 rings (SSSR count). The van der Waals surface area contributed by atoms with E-state index in [1.807, 2.05) is 74.1 Å². The van der Waals surface area contributed by atoms with Crippen molar-refractivity contribution in [1.82, 2.24) is 24.8 Å². The maximum atomic E-state index is 13.2. The Kier molecular flexibility index (Phi) is 16.8. The third-order valence-corrected chi connectivity index (χ3v) is 16.8. The minimum absolute atomic E-state index is 0.00148. The molecule has 0 spiro atoms. The van der Waals surface area contributed by atoms with E-state index in [4.69, 9.17) is 9.15 Å². The van der Waals surface area contributed by atoms with Crippen LogP contribution in [0.5, 0.6) is 0 Å². The lowest BCUT2D eigenvalue weighted by Gasteiger charge is -2.20. The molecule has 2 amide bonds. The van der Waals surface area contributed by atoms with E-state index in [0.29, 0.717) is 65.9 Å². The molecule has 4 N–H and O–H groups in total. The number of hydrogen-bond donors (Lipinski definition) is 4. The number of carbonyl (C=O) groups is 3. The number of anilines is 1. The van der Waals surface area contributed by atoms with Gasteiger partial charge in [-0.05, 0) is 50.0 Å². The summed E-state index contributed by atoms with van der Waals surface area (Å²) in [4.78, 5) is 67.2. The first-order chi connectivity index (χ1) is 30.2. The number of fused-ring (bicyclic) bond motifs is 2. The van der Waals surface area contributed by atoms with Crippen LogP contribution >= 0.6 is 46.0 Å². The van der Waals surface area contributed by atoms with Crippen LogP contribution in [0.1, 0.15) is 45.3 Å². The van der Waals surface area contributed by atoms with Crippen molar-refractivity contribution in [3.63, 3.8) is 0 Å². The lowest BCUT2D eigenvalue weighted by Crippen LogP contribution is -2.33. The van der Waals surface area contributed by atoms with Crippen LogP contribution in [-0.2, 0) is 14.1 Å². The summed E-state index contributed by atoms with van der Waals surface area (Å²) in [6.45, 7) is 0.259. The van der Waals surface area contributed by atoms with Crippen LogP contribution in [0.3, 0.4) is 0 Å². The summed E-state index contributed by atoms with van der Waals surface area (Å²) in [6.07, 6.45) is 0.0248. The number of aliphatic hydroxyl groups is 1. The molecular weight excluding hydrogens is 906 g/mol. The Bertz CT molecular complexity index is 2760.